The lowest BCUT2D eigenvalue weighted by Gasteiger charge is -2.05. The van der Waals surface area contributed by atoms with Crippen molar-refractivity contribution in [1.29, 1.82) is 0 Å². The maximum atomic E-state index is 10.9. The van der Waals surface area contributed by atoms with Crippen LogP contribution in [0, 0.1) is 17.0 Å². The van der Waals surface area contributed by atoms with Crippen LogP contribution in [-0.2, 0) is 0 Å². The summed E-state index contributed by atoms with van der Waals surface area (Å²) in [5.41, 5.74) is 2.21. The van der Waals surface area contributed by atoms with Gasteiger partial charge in [0.05, 0.1) is 22.4 Å². The molecule has 0 saturated heterocycles. The van der Waals surface area contributed by atoms with E-state index in [1.165, 1.54) is 6.07 Å². The molecule has 4 rings (SSSR count). The minimum absolute atomic E-state index is 0.185. The summed E-state index contributed by atoms with van der Waals surface area (Å²) in [5, 5.41) is 20.3. The predicted octanol–water partition coefficient (Wildman–Crippen LogP) is 2.30. The number of rotatable bonds is 3. The number of nitro groups is 1. The molecule has 0 aliphatic heterocycles. The SMILES string of the molecule is Cc1cc([N+](=O)[O-])nn1[C@@H](C)c1nc2c3ccccc3ncn2n1. The Morgan fingerprint density at radius 2 is 2.04 bits per heavy atom. The van der Waals surface area contributed by atoms with Gasteiger partial charge in [0.25, 0.3) is 0 Å². The van der Waals surface area contributed by atoms with Crippen LogP contribution >= 0.6 is 0 Å². The van der Waals surface area contributed by atoms with E-state index in [1.807, 2.05) is 31.2 Å². The maximum absolute atomic E-state index is 10.9. The van der Waals surface area contributed by atoms with E-state index in [4.69, 9.17) is 0 Å². The molecule has 3 aromatic heterocycles. The molecule has 3 heterocycles. The van der Waals surface area contributed by atoms with Gasteiger partial charge in [0.1, 0.15) is 12.4 Å². The molecule has 0 bridgehead atoms. The highest BCUT2D eigenvalue weighted by molar-refractivity contribution is 5.90. The number of fused-ring (bicyclic) bond motifs is 3. The molecule has 1 aromatic carbocycles. The molecule has 0 radical (unpaired) electrons. The van der Waals surface area contributed by atoms with Crippen molar-refractivity contribution in [3.63, 3.8) is 0 Å². The van der Waals surface area contributed by atoms with Gasteiger partial charge >= 0.3 is 5.82 Å². The van der Waals surface area contributed by atoms with Crippen LogP contribution in [0.25, 0.3) is 16.6 Å². The zero-order valence-corrected chi connectivity index (χ0v) is 13.0. The van der Waals surface area contributed by atoms with E-state index < -0.39 is 4.92 Å². The molecule has 0 unspecified atom stereocenters. The van der Waals surface area contributed by atoms with E-state index in [0.29, 0.717) is 17.2 Å². The van der Waals surface area contributed by atoms with Crippen LogP contribution in [-0.4, -0.2) is 34.3 Å². The highest BCUT2D eigenvalue weighted by Gasteiger charge is 2.24. The summed E-state index contributed by atoms with van der Waals surface area (Å²) in [7, 11) is 0. The van der Waals surface area contributed by atoms with E-state index >= 15 is 0 Å². The van der Waals surface area contributed by atoms with E-state index in [2.05, 4.69) is 20.2 Å². The van der Waals surface area contributed by atoms with Crippen LogP contribution in [0.15, 0.2) is 36.7 Å². The maximum Gasteiger partial charge on any atom is 0.390 e. The summed E-state index contributed by atoms with van der Waals surface area (Å²) in [5.74, 6) is 0.337. The van der Waals surface area contributed by atoms with Gasteiger partial charge in [0.15, 0.2) is 11.5 Å². The first kappa shape index (κ1) is 14.2. The Balaban J connectivity index is 1.84. The highest BCUT2D eigenvalue weighted by atomic mass is 16.6. The quantitative estimate of drug-likeness (QED) is 0.423. The average Bonchev–Trinajstić information content (AvgIpc) is 3.18. The number of aromatic nitrogens is 6. The van der Waals surface area contributed by atoms with Gasteiger partial charge in [-0.15, -0.1) is 5.10 Å². The van der Waals surface area contributed by atoms with Crippen LogP contribution in [0.1, 0.15) is 24.5 Å². The summed E-state index contributed by atoms with van der Waals surface area (Å²) >= 11 is 0. The molecule has 4 aromatic rings. The molecule has 0 amide bonds. The lowest BCUT2D eigenvalue weighted by atomic mass is 10.2. The summed E-state index contributed by atoms with van der Waals surface area (Å²) in [6.45, 7) is 3.62. The first-order valence-electron chi connectivity index (χ1n) is 7.35. The monoisotopic (exact) mass is 323 g/mol. The Labute approximate surface area is 135 Å². The molecule has 120 valence electrons. The van der Waals surface area contributed by atoms with Crippen molar-refractivity contribution in [2.75, 3.05) is 0 Å². The fraction of sp³-hybridized carbons (Fsp3) is 0.200. The molecule has 1 atom stereocenters. The molecule has 0 aliphatic carbocycles. The topological polar surface area (TPSA) is 104 Å². The van der Waals surface area contributed by atoms with E-state index in [-0.39, 0.29) is 11.9 Å². The number of benzene rings is 1. The van der Waals surface area contributed by atoms with Crippen molar-refractivity contribution < 1.29 is 4.92 Å². The third-order valence-electron chi connectivity index (χ3n) is 3.94. The molecular formula is C15H13N7O2. The summed E-state index contributed by atoms with van der Waals surface area (Å²) < 4.78 is 3.17. The van der Waals surface area contributed by atoms with Crippen LogP contribution in [0.5, 0.6) is 0 Å². The van der Waals surface area contributed by atoms with Gasteiger partial charge in [-0.3, -0.25) is 0 Å². The largest absolute Gasteiger partial charge is 0.390 e. The third-order valence-corrected chi connectivity index (χ3v) is 3.94. The third kappa shape index (κ3) is 2.09. The second-order valence-electron chi connectivity index (χ2n) is 5.52. The molecule has 0 aliphatic rings. The van der Waals surface area contributed by atoms with Gasteiger partial charge in [-0.05, 0) is 30.9 Å². The van der Waals surface area contributed by atoms with Crippen molar-refractivity contribution in [3.8, 4) is 0 Å². The van der Waals surface area contributed by atoms with Gasteiger partial charge in [0.2, 0.25) is 0 Å². The summed E-state index contributed by atoms with van der Waals surface area (Å²) in [6, 6.07) is 8.78. The molecule has 0 spiro atoms. The average molecular weight is 323 g/mol. The van der Waals surface area contributed by atoms with Crippen molar-refractivity contribution in [2.24, 2.45) is 0 Å². The highest BCUT2D eigenvalue weighted by Crippen LogP contribution is 2.22. The zero-order chi connectivity index (χ0) is 16.8. The Morgan fingerprint density at radius 1 is 1.25 bits per heavy atom. The van der Waals surface area contributed by atoms with Crippen molar-refractivity contribution in [2.45, 2.75) is 19.9 Å². The number of aryl methyl sites for hydroxylation is 1. The number of nitrogens with zero attached hydrogens (tertiary/aromatic N) is 7. The minimum atomic E-state index is -0.509. The van der Waals surface area contributed by atoms with Crippen LogP contribution in [0.4, 0.5) is 5.82 Å². The first-order valence-corrected chi connectivity index (χ1v) is 7.35. The fourth-order valence-electron chi connectivity index (χ4n) is 2.73. The van der Waals surface area contributed by atoms with Gasteiger partial charge < -0.3 is 10.1 Å². The van der Waals surface area contributed by atoms with Gasteiger partial charge in [-0.25, -0.2) is 14.5 Å². The Bertz CT molecular complexity index is 1080. The lowest BCUT2D eigenvalue weighted by Crippen LogP contribution is -2.12. The van der Waals surface area contributed by atoms with Crippen LogP contribution < -0.4 is 0 Å². The standard InChI is InChI=1S/C15H13N7O2/c1-9-7-13(22(23)24)18-21(9)10(2)14-17-15-11-5-3-4-6-12(11)16-8-20(15)19-14/h3-8,10H,1-2H3/t10-/m0/s1. The number of para-hydroxylation sites is 1. The number of hydrogen-bond donors (Lipinski definition) is 0. The van der Waals surface area contributed by atoms with Crippen LogP contribution in [0.3, 0.4) is 0 Å². The fourth-order valence-corrected chi connectivity index (χ4v) is 2.73. The van der Waals surface area contributed by atoms with Gasteiger partial charge in [-0.1, -0.05) is 12.1 Å². The van der Waals surface area contributed by atoms with Gasteiger partial charge in [0, 0.05) is 5.39 Å². The molecule has 0 N–H and O–H groups in total. The van der Waals surface area contributed by atoms with Gasteiger partial charge in [-0.2, -0.15) is 4.68 Å². The smallest absolute Gasteiger partial charge is 0.358 e. The van der Waals surface area contributed by atoms with Crippen molar-refractivity contribution in [3.05, 3.63) is 58.3 Å². The molecule has 24 heavy (non-hydrogen) atoms. The Morgan fingerprint density at radius 3 is 2.79 bits per heavy atom. The molecule has 0 fully saturated rings. The minimum Gasteiger partial charge on any atom is -0.358 e. The van der Waals surface area contributed by atoms with E-state index in [1.54, 1.807) is 22.4 Å². The van der Waals surface area contributed by atoms with Crippen LogP contribution in [0.2, 0.25) is 0 Å². The Hall–Kier alpha value is -3.36. The summed E-state index contributed by atoms with van der Waals surface area (Å²) in [4.78, 5) is 19.3. The molecule has 0 saturated carbocycles. The second-order valence-corrected chi connectivity index (χ2v) is 5.52. The van der Waals surface area contributed by atoms with E-state index in [0.717, 1.165) is 10.9 Å². The lowest BCUT2D eigenvalue weighted by molar-refractivity contribution is -0.389. The molecule has 9 nitrogen and oxygen atoms in total. The van der Waals surface area contributed by atoms with Crippen molar-refractivity contribution >= 4 is 22.4 Å². The summed E-state index contributed by atoms with van der Waals surface area (Å²) in [6.07, 6.45) is 1.61. The Kier molecular flexibility index (Phi) is 3.02. The zero-order valence-electron chi connectivity index (χ0n) is 13.0. The van der Waals surface area contributed by atoms with Crippen molar-refractivity contribution in [1.82, 2.24) is 29.4 Å². The molecular weight excluding hydrogens is 310 g/mol. The number of hydrogen-bond acceptors (Lipinski definition) is 6. The predicted molar refractivity (Wildman–Crippen MR) is 85.7 cm³/mol. The van der Waals surface area contributed by atoms with E-state index in [9.17, 15) is 10.1 Å². The first-order chi connectivity index (χ1) is 11.5. The normalized spacial score (nSPS) is 12.8. The second kappa shape index (κ2) is 5.08. The molecule has 9 heteroatoms.